The maximum atomic E-state index is 11.7. The topological polar surface area (TPSA) is 58.6 Å². The van der Waals surface area contributed by atoms with E-state index in [1.165, 1.54) is 0 Å². The molecule has 0 aromatic heterocycles. The summed E-state index contributed by atoms with van der Waals surface area (Å²) in [6.07, 6.45) is -1.31. The highest BCUT2D eigenvalue weighted by Gasteiger charge is 2.18. The Hall–Kier alpha value is -2.33. The first kappa shape index (κ1) is 15.1. The molecule has 1 amide bonds. The lowest BCUT2D eigenvalue weighted by Gasteiger charge is -2.20. The third kappa shape index (κ3) is 4.61. The molecule has 2 N–H and O–H groups in total. The second kappa shape index (κ2) is 7.45. The first-order valence-electron chi connectivity index (χ1n) is 6.87. The summed E-state index contributed by atoms with van der Waals surface area (Å²) >= 11 is 0. The number of aliphatic hydroxyl groups excluding tert-OH is 1. The Morgan fingerprint density at radius 3 is 2.29 bits per heavy atom. The number of benzene rings is 2. The van der Waals surface area contributed by atoms with Gasteiger partial charge in [-0.3, -0.25) is 0 Å². The fraction of sp³-hybridized carbons (Fsp3) is 0.235. The minimum Gasteiger partial charge on any atom is -0.445 e. The number of nitrogens with one attached hydrogen (secondary N) is 1. The maximum absolute atomic E-state index is 11.7. The van der Waals surface area contributed by atoms with Gasteiger partial charge < -0.3 is 15.2 Å². The molecule has 0 saturated carbocycles. The van der Waals surface area contributed by atoms with Gasteiger partial charge in [0.2, 0.25) is 0 Å². The van der Waals surface area contributed by atoms with Crippen molar-refractivity contribution in [3.8, 4) is 0 Å². The number of amides is 1. The molecule has 2 rings (SSSR count). The van der Waals surface area contributed by atoms with Gasteiger partial charge in [-0.15, -0.1) is 0 Å². The van der Waals surface area contributed by atoms with Crippen LogP contribution in [0.15, 0.2) is 60.7 Å². The number of rotatable bonds is 5. The van der Waals surface area contributed by atoms with Crippen molar-refractivity contribution >= 4 is 6.09 Å². The van der Waals surface area contributed by atoms with Crippen LogP contribution < -0.4 is 5.32 Å². The van der Waals surface area contributed by atoms with Crippen molar-refractivity contribution in [3.63, 3.8) is 0 Å². The van der Waals surface area contributed by atoms with Crippen molar-refractivity contribution in [2.24, 2.45) is 0 Å². The van der Waals surface area contributed by atoms with Crippen LogP contribution in [0.1, 0.15) is 24.2 Å². The summed E-state index contributed by atoms with van der Waals surface area (Å²) in [7, 11) is 0. The predicted octanol–water partition coefficient (Wildman–Crippen LogP) is 3.03. The van der Waals surface area contributed by atoms with E-state index in [9.17, 15) is 9.90 Å². The van der Waals surface area contributed by atoms with E-state index in [1.807, 2.05) is 60.7 Å². The summed E-state index contributed by atoms with van der Waals surface area (Å²) in [5.41, 5.74) is 1.68. The molecule has 0 aliphatic rings. The monoisotopic (exact) mass is 285 g/mol. The first-order chi connectivity index (χ1) is 10.2. The molecule has 0 radical (unpaired) electrons. The molecule has 0 aliphatic carbocycles. The second-order valence-electron chi connectivity index (χ2n) is 4.85. The molecule has 1 unspecified atom stereocenters. The highest BCUT2D eigenvalue weighted by Crippen LogP contribution is 2.16. The average molecular weight is 285 g/mol. The molecule has 4 nitrogen and oxygen atoms in total. The quantitative estimate of drug-likeness (QED) is 0.887. The summed E-state index contributed by atoms with van der Waals surface area (Å²) in [4.78, 5) is 11.7. The Kier molecular flexibility index (Phi) is 5.35. The molecule has 0 fully saturated rings. The summed E-state index contributed by atoms with van der Waals surface area (Å²) < 4.78 is 5.12. The van der Waals surface area contributed by atoms with E-state index in [0.29, 0.717) is 0 Å². The van der Waals surface area contributed by atoms with Gasteiger partial charge in [-0.2, -0.15) is 0 Å². The van der Waals surface area contributed by atoms with E-state index in [-0.39, 0.29) is 6.61 Å². The van der Waals surface area contributed by atoms with Crippen molar-refractivity contribution in [1.29, 1.82) is 0 Å². The van der Waals surface area contributed by atoms with Crippen molar-refractivity contribution in [2.75, 3.05) is 0 Å². The Morgan fingerprint density at radius 1 is 1.10 bits per heavy atom. The molecule has 2 aromatic carbocycles. The van der Waals surface area contributed by atoms with Gasteiger partial charge in [-0.1, -0.05) is 60.7 Å². The van der Waals surface area contributed by atoms with Crippen LogP contribution in [0.5, 0.6) is 0 Å². The Balaban J connectivity index is 1.82. The van der Waals surface area contributed by atoms with Gasteiger partial charge in [0.1, 0.15) is 6.61 Å². The number of alkyl carbamates (subject to hydrolysis) is 1. The van der Waals surface area contributed by atoms with Crippen molar-refractivity contribution in [3.05, 3.63) is 71.8 Å². The van der Waals surface area contributed by atoms with Gasteiger partial charge in [-0.25, -0.2) is 4.79 Å². The number of aliphatic hydroxyl groups is 1. The summed E-state index contributed by atoms with van der Waals surface area (Å²) in [6.45, 7) is 1.95. The Morgan fingerprint density at radius 2 is 1.67 bits per heavy atom. The van der Waals surface area contributed by atoms with Crippen molar-refractivity contribution in [2.45, 2.75) is 25.7 Å². The third-order valence-corrected chi connectivity index (χ3v) is 3.17. The Bertz CT molecular complexity index is 557. The van der Waals surface area contributed by atoms with Gasteiger partial charge in [0.05, 0.1) is 12.1 Å². The zero-order valence-corrected chi connectivity index (χ0v) is 11.9. The lowest BCUT2D eigenvalue weighted by atomic mass is 10.0. The van der Waals surface area contributed by atoms with Gasteiger partial charge in [0.15, 0.2) is 0 Å². The highest BCUT2D eigenvalue weighted by atomic mass is 16.5. The van der Waals surface area contributed by atoms with Crippen LogP contribution in [0.3, 0.4) is 0 Å². The van der Waals surface area contributed by atoms with Crippen LogP contribution in [-0.4, -0.2) is 17.2 Å². The Labute approximate surface area is 124 Å². The van der Waals surface area contributed by atoms with E-state index in [0.717, 1.165) is 11.1 Å². The van der Waals surface area contributed by atoms with Crippen molar-refractivity contribution < 1.29 is 14.6 Å². The van der Waals surface area contributed by atoms with Crippen LogP contribution in [0.2, 0.25) is 0 Å². The van der Waals surface area contributed by atoms with Gasteiger partial charge in [0, 0.05) is 0 Å². The zero-order chi connectivity index (χ0) is 15.1. The van der Waals surface area contributed by atoms with E-state index in [1.54, 1.807) is 6.92 Å². The van der Waals surface area contributed by atoms with Gasteiger partial charge in [0.25, 0.3) is 0 Å². The molecule has 2 aromatic rings. The molecule has 4 heteroatoms. The number of carbonyl (C=O) groups is 1. The fourth-order valence-electron chi connectivity index (χ4n) is 1.97. The van der Waals surface area contributed by atoms with Crippen LogP contribution in [0.4, 0.5) is 4.79 Å². The molecule has 2 atom stereocenters. The van der Waals surface area contributed by atoms with Crippen molar-refractivity contribution in [1.82, 2.24) is 5.32 Å². The second-order valence-corrected chi connectivity index (χ2v) is 4.85. The molecule has 0 heterocycles. The SMILES string of the molecule is C[C@H](NC(=O)OCc1ccccc1)C(O)c1ccccc1. The fourth-order valence-corrected chi connectivity index (χ4v) is 1.97. The zero-order valence-electron chi connectivity index (χ0n) is 11.9. The van der Waals surface area contributed by atoms with E-state index < -0.39 is 18.2 Å². The molecule has 110 valence electrons. The summed E-state index contributed by atoms with van der Waals surface area (Å²) in [5.74, 6) is 0. The molecular formula is C17H19NO3. The lowest BCUT2D eigenvalue weighted by molar-refractivity contribution is 0.106. The smallest absolute Gasteiger partial charge is 0.407 e. The molecule has 21 heavy (non-hydrogen) atoms. The van der Waals surface area contributed by atoms with Crippen LogP contribution in [0, 0.1) is 0 Å². The molecule has 0 saturated heterocycles. The molecular weight excluding hydrogens is 266 g/mol. The minimum absolute atomic E-state index is 0.209. The van der Waals surface area contributed by atoms with E-state index in [2.05, 4.69) is 5.32 Å². The number of ether oxygens (including phenoxy) is 1. The largest absolute Gasteiger partial charge is 0.445 e. The standard InChI is InChI=1S/C17H19NO3/c1-13(16(19)15-10-6-3-7-11-15)18-17(20)21-12-14-8-4-2-5-9-14/h2-11,13,16,19H,12H2,1H3,(H,18,20)/t13-,16?/m0/s1. The average Bonchev–Trinajstić information content (AvgIpc) is 2.54. The van der Waals surface area contributed by atoms with Crippen LogP contribution in [0.25, 0.3) is 0 Å². The molecule has 0 bridgehead atoms. The number of hydrogen-bond donors (Lipinski definition) is 2. The van der Waals surface area contributed by atoms with Gasteiger partial charge >= 0.3 is 6.09 Å². The minimum atomic E-state index is -0.768. The number of hydrogen-bond acceptors (Lipinski definition) is 3. The first-order valence-corrected chi connectivity index (χ1v) is 6.87. The number of carbonyl (C=O) groups excluding carboxylic acids is 1. The molecule has 0 aliphatic heterocycles. The maximum Gasteiger partial charge on any atom is 0.407 e. The lowest BCUT2D eigenvalue weighted by Crippen LogP contribution is -2.37. The molecule has 0 spiro atoms. The summed E-state index contributed by atoms with van der Waals surface area (Å²) in [5, 5.41) is 12.8. The van der Waals surface area contributed by atoms with E-state index >= 15 is 0 Å². The predicted molar refractivity (Wildman–Crippen MR) is 80.6 cm³/mol. The summed E-state index contributed by atoms with van der Waals surface area (Å²) in [6, 6.07) is 18.2. The highest BCUT2D eigenvalue weighted by molar-refractivity contribution is 5.67. The van der Waals surface area contributed by atoms with E-state index in [4.69, 9.17) is 4.74 Å². The van der Waals surface area contributed by atoms with Crippen LogP contribution >= 0.6 is 0 Å². The van der Waals surface area contributed by atoms with Gasteiger partial charge in [-0.05, 0) is 18.1 Å². The third-order valence-electron chi connectivity index (χ3n) is 3.17. The normalized spacial score (nSPS) is 13.2. The van der Waals surface area contributed by atoms with Crippen LogP contribution in [-0.2, 0) is 11.3 Å².